The Hall–Kier alpha value is -1.55. The number of nitrogens with zero attached hydrogens (tertiary/aromatic N) is 1. The van der Waals surface area contributed by atoms with Crippen LogP contribution in [0.4, 0.5) is 11.4 Å². The van der Waals surface area contributed by atoms with Gasteiger partial charge in [0.05, 0.1) is 0 Å². The number of carbonyl (C=O) groups excluding carboxylic acids is 1. The zero-order chi connectivity index (χ0) is 15.1. The van der Waals surface area contributed by atoms with Crippen LogP contribution in [-0.2, 0) is 4.79 Å². The van der Waals surface area contributed by atoms with E-state index in [1.165, 1.54) is 6.42 Å². The minimum atomic E-state index is 0.0363. The quantitative estimate of drug-likeness (QED) is 0.753. The van der Waals surface area contributed by atoms with Crippen LogP contribution in [0.5, 0.6) is 0 Å². The summed E-state index contributed by atoms with van der Waals surface area (Å²) in [6, 6.07) is 6.09. The molecule has 0 spiro atoms. The van der Waals surface area contributed by atoms with E-state index in [4.69, 9.17) is 5.73 Å². The highest BCUT2D eigenvalue weighted by atomic mass is 16.1. The van der Waals surface area contributed by atoms with Crippen molar-refractivity contribution in [3.05, 3.63) is 23.8 Å². The van der Waals surface area contributed by atoms with Crippen LogP contribution in [0.2, 0.25) is 0 Å². The van der Waals surface area contributed by atoms with E-state index in [-0.39, 0.29) is 5.91 Å². The molecule has 1 rings (SSSR count). The van der Waals surface area contributed by atoms with Crippen molar-refractivity contribution >= 4 is 17.3 Å². The van der Waals surface area contributed by atoms with Crippen molar-refractivity contribution in [3.63, 3.8) is 0 Å². The first-order valence-corrected chi connectivity index (χ1v) is 7.30. The Kier molecular flexibility index (Phi) is 6.52. The van der Waals surface area contributed by atoms with Gasteiger partial charge < -0.3 is 16.0 Å². The lowest BCUT2D eigenvalue weighted by atomic mass is 10.1. The second-order valence-electron chi connectivity index (χ2n) is 5.44. The normalized spacial score (nSPS) is 12.4. The van der Waals surface area contributed by atoms with Crippen molar-refractivity contribution in [2.75, 3.05) is 24.6 Å². The van der Waals surface area contributed by atoms with Gasteiger partial charge in [0.25, 0.3) is 0 Å². The number of anilines is 2. The van der Waals surface area contributed by atoms with Gasteiger partial charge in [0.2, 0.25) is 5.91 Å². The molecule has 112 valence electrons. The van der Waals surface area contributed by atoms with Crippen LogP contribution in [0.1, 0.15) is 38.7 Å². The minimum absolute atomic E-state index is 0.0363. The van der Waals surface area contributed by atoms with Gasteiger partial charge in [-0.25, -0.2) is 0 Å². The first-order chi connectivity index (χ1) is 9.45. The average molecular weight is 277 g/mol. The number of nitrogens with one attached hydrogen (secondary N) is 1. The molecule has 0 aromatic heterocycles. The molecule has 1 aromatic carbocycles. The number of nitrogens with two attached hydrogens (primary N) is 1. The molecule has 1 atom stereocenters. The molecule has 0 aliphatic heterocycles. The summed E-state index contributed by atoms with van der Waals surface area (Å²) in [5.74, 6) is 0.0363. The number of hydrogen-bond acceptors (Lipinski definition) is 3. The standard InChI is InChI=1S/C16H27N3O/c1-5-7-12(2)19(4)11-10-16(20)18-15-9-6-8-14(17)13(15)3/h6,8-9,12H,5,7,10-11,17H2,1-4H3,(H,18,20). The van der Waals surface area contributed by atoms with Crippen molar-refractivity contribution in [1.82, 2.24) is 4.90 Å². The molecular weight excluding hydrogens is 250 g/mol. The molecule has 20 heavy (non-hydrogen) atoms. The fourth-order valence-electron chi connectivity index (χ4n) is 2.14. The minimum Gasteiger partial charge on any atom is -0.398 e. The molecule has 0 bridgehead atoms. The van der Waals surface area contributed by atoms with Crippen LogP contribution in [0.15, 0.2) is 18.2 Å². The second kappa shape index (κ2) is 7.90. The molecule has 1 amide bonds. The SMILES string of the molecule is CCCC(C)N(C)CCC(=O)Nc1cccc(N)c1C. The summed E-state index contributed by atoms with van der Waals surface area (Å²) < 4.78 is 0. The Morgan fingerprint density at radius 3 is 2.80 bits per heavy atom. The summed E-state index contributed by atoms with van der Waals surface area (Å²) >= 11 is 0. The largest absolute Gasteiger partial charge is 0.398 e. The molecule has 0 aliphatic carbocycles. The number of carbonyl (C=O) groups is 1. The van der Waals surface area contributed by atoms with E-state index < -0.39 is 0 Å². The highest BCUT2D eigenvalue weighted by Crippen LogP contribution is 2.20. The highest BCUT2D eigenvalue weighted by Gasteiger charge is 2.11. The summed E-state index contributed by atoms with van der Waals surface area (Å²) in [6.07, 6.45) is 2.82. The number of benzene rings is 1. The van der Waals surface area contributed by atoms with Gasteiger partial charge in [-0.2, -0.15) is 0 Å². The first-order valence-electron chi connectivity index (χ1n) is 7.30. The van der Waals surface area contributed by atoms with Gasteiger partial charge >= 0.3 is 0 Å². The Balaban J connectivity index is 2.46. The van der Waals surface area contributed by atoms with Gasteiger partial charge in [-0.15, -0.1) is 0 Å². The van der Waals surface area contributed by atoms with E-state index in [0.29, 0.717) is 18.2 Å². The van der Waals surface area contributed by atoms with E-state index in [1.807, 2.05) is 25.1 Å². The number of nitrogen functional groups attached to an aromatic ring is 1. The van der Waals surface area contributed by atoms with Gasteiger partial charge in [0.15, 0.2) is 0 Å². The van der Waals surface area contributed by atoms with E-state index in [2.05, 4.69) is 31.1 Å². The van der Waals surface area contributed by atoms with Crippen LogP contribution in [0, 0.1) is 6.92 Å². The Morgan fingerprint density at radius 1 is 1.45 bits per heavy atom. The van der Waals surface area contributed by atoms with Crippen molar-refractivity contribution in [2.45, 2.75) is 46.1 Å². The Labute approximate surface area is 122 Å². The molecule has 0 saturated heterocycles. The summed E-state index contributed by atoms with van der Waals surface area (Å²) in [4.78, 5) is 14.2. The lowest BCUT2D eigenvalue weighted by Gasteiger charge is -2.24. The molecular formula is C16H27N3O. The molecule has 1 aromatic rings. The lowest BCUT2D eigenvalue weighted by Crippen LogP contribution is -2.32. The number of amides is 1. The average Bonchev–Trinajstić information content (AvgIpc) is 2.41. The molecule has 0 heterocycles. The molecule has 0 radical (unpaired) electrons. The van der Waals surface area contributed by atoms with E-state index in [9.17, 15) is 4.79 Å². The predicted octanol–water partition coefficient (Wildman–Crippen LogP) is 3.03. The van der Waals surface area contributed by atoms with E-state index in [1.54, 1.807) is 0 Å². The smallest absolute Gasteiger partial charge is 0.225 e. The molecule has 0 fully saturated rings. The summed E-state index contributed by atoms with van der Waals surface area (Å²) in [7, 11) is 2.07. The molecule has 4 heteroatoms. The molecule has 4 nitrogen and oxygen atoms in total. The van der Waals surface area contributed by atoms with Crippen molar-refractivity contribution < 1.29 is 4.79 Å². The molecule has 1 unspecified atom stereocenters. The maximum Gasteiger partial charge on any atom is 0.225 e. The second-order valence-corrected chi connectivity index (χ2v) is 5.44. The number of hydrogen-bond donors (Lipinski definition) is 2. The molecule has 0 saturated carbocycles. The van der Waals surface area contributed by atoms with Crippen LogP contribution in [0.3, 0.4) is 0 Å². The Morgan fingerprint density at radius 2 is 2.15 bits per heavy atom. The van der Waals surface area contributed by atoms with E-state index >= 15 is 0 Å². The van der Waals surface area contributed by atoms with Crippen LogP contribution in [0.25, 0.3) is 0 Å². The fourth-order valence-corrected chi connectivity index (χ4v) is 2.14. The monoisotopic (exact) mass is 277 g/mol. The predicted molar refractivity (Wildman–Crippen MR) is 85.8 cm³/mol. The van der Waals surface area contributed by atoms with Crippen molar-refractivity contribution in [3.8, 4) is 0 Å². The maximum atomic E-state index is 12.0. The zero-order valence-electron chi connectivity index (χ0n) is 13.1. The Bertz CT molecular complexity index is 445. The van der Waals surface area contributed by atoms with Crippen molar-refractivity contribution in [1.29, 1.82) is 0 Å². The highest BCUT2D eigenvalue weighted by molar-refractivity contribution is 5.92. The topological polar surface area (TPSA) is 58.4 Å². The van der Waals surface area contributed by atoms with Gasteiger partial charge in [-0.1, -0.05) is 19.4 Å². The summed E-state index contributed by atoms with van der Waals surface area (Å²) in [5, 5.41) is 2.93. The van der Waals surface area contributed by atoms with Gasteiger partial charge in [0.1, 0.15) is 0 Å². The van der Waals surface area contributed by atoms with Crippen LogP contribution in [-0.4, -0.2) is 30.4 Å². The summed E-state index contributed by atoms with van der Waals surface area (Å²) in [6.45, 7) is 7.07. The van der Waals surface area contributed by atoms with Crippen LogP contribution >= 0.6 is 0 Å². The number of rotatable bonds is 7. The summed E-state index contributed by atoms with van der Waals surface area (Å²) in [5.41, 5.74) is 8.27. The first kappa shape index (κ1) is 16.5. The van der Waals surface area contributed by atoms with Crippen LogP contribution < -0.4 is 11.1 Å². The van der Waals surface area contributed by atoms with Gasteiger partial charge in [-0.3, -0.25) is 4.79 Å². The van der Waals surface area contributed by atoms with Gasteiger partial charge in [-0.05, 0) is 45.0 Å². The third-order valence-electron chi connectivity index (χ3n) is 3.80. The molecule has 3 N–H and O–H groups in total. The lowest BCUT2D eigenvalue weighted by molar-refractivity contribution is -0.116. The van der Waals surface area contributed by atoms with E-state index in [0.717, 1.165) is 24.2 Å². The zero-order valence-corrected chi connectivity index (χ0v) is 13.1. The fraction of sp³-hybridized carbons (Fsp3) is 0.562. The molecule has 0 aliphatic rings. The van der Waals surface area contributed by atoms with Gasteiger partial charge in [0, 0.05) is 30.4 Å². The van der Waals surface area contributed by atoms with Crippen molar-refractivity contribution in [2.24, 2.45) is 0 Å². The third-order valence-corrected chi connectivity index (χ3v) is 3.80. The third kappa shape index (κ3) is 4.85. The maximum absolute atomic E-state index is 12.0.